The van der Waals surface area contributed by atoms with Gasteiger partial charge in [-0.1, -0.05) is 11.2 Å². The molecule has 0 spiro atoms. The van der Waals surface area contributed by atoms with Gasteiger partial charge < -0.3 is 19.3 Å². The molecule has 1 N–H and O–H groups in total. The summed E-state index contributed by atoms with van der Waals surface area (Å²) in [4.78, 5) is 16.2. The van der Waals surface area contributed by atoms with Crippen LogP contribution in [0.2, 0.25) is 0 Å². The van der Waals surface area contributed by atoms with Gasteiger partial charge in [-0.3, -0.25) is 9.69 Å². The standard InChI is InChI=1S/C21H23N3O4S/c1-26-16-6-4-15(5-7-16)19-13-17(23-28-19)21(25)22-14-18(20-3-2-12-29-20)24-8-10-27-11-9-24/h2-7,12-13,18H,8-11,14H2,1H3,(H,22,25)/t18-/m1/s1. The molecule has 1 aromatic carbocycles. The zero-order valence-corrected chi connectivity index (χ0v) is 17.0. The Morgan fingerprint density at radius 1 is 1.28 bits per heavy atom. The van der Waals surface area contributed by atoms with Crippen LogP contribution in [0.1, 0.15) is 21.4 Å². The Balaban J connectivity index is 1.42. The first-order valence-electron chi connectivity index (χ1n) is 9.49. The molecular formula is C21H23N3O4S. The van der Waals surface area contributed by atoms with Crippen LogP contribution in [-0.2, 0) is 4.74 Å². The summed E-state index contributed by atoms with van der Waals surface area (Å²) in [5, 5.41) is 9.01. The summed E-state index contributed by atoms with van der Waals surface area (Å²) in [6.07, 6.45) is 0. The topological polar surface area (TPSA) is 76.8 Å². The van der Waals surface area contributed by atoms with Gasteiger partial charge in [0.25, 0.3) is 5.91 Å². The Labute approximate surface area is 173 Å². The number of rotatable bonds is 7. The van der Waals surface area contributed by atoms with Crippen molar-refractivity contribution in [3.8, 4) is 17.1 Å². The summed E-state index contributed by atoms with van der Waals surface area (Å²) in [5.41, 5.74) is 1.10. The van der Waals surface area contributed by atoms with E-state index in [1.54, 1.807) is 24.5 Å². The van der Waals surface area contributed by atoms with E-state index in [-0.39, 0.29) is 17.6 Å². The molecule has 8 heteroatoms. The quantitative estimate of drug-likeness (QED) is 0.641. The number of ether oxygens (including phenoxy) is 2. The van der Waals surface area contributed by atoms with E-state index in [1.165, 1.54) is 4.88 Å². The Morgan fingerprint density at radius 3 is 2.76 bits per heavy atom. The number of carbonyl (C=O) groups is 1. The number of thiophene rings is 1. The molecule has 0 radical (unpaired) electrons. The van der Waals surface area contributed by atoms with E-state index in [0.29, 0.717) is 25.5 Å². The highest BCUT2D eigenvalue weighted by atomic mass is 32.1. The van der Waals surface area contributed by atoms with Crippen LogP contribution >= 0.6 is 11.3 Å². The summed E-state index contributed by atoms with van der Waals surface area (Å²) < 4.78 is 16.0. The molecule has 0 aliphatic carbocycles. The zero-order chi connectivity index (χ0) is 20.1. The summed E-state index contributed by atoms with van der Waals surface area (Å²) in [6.45, 7) is 3.63. The molecule has 0 unspecified atom stereocenters. The van der Waals surface area contributed by atoms with Crippen molar-refractivity contribution in [2.45, 2.75) is 6.04 Å². The molecule has 4 rings (SSSR count). The number of benzene rings is 1. The van der Waals surface area contributed by atoms with E-state index in [9.17, 15) is 4.79 Å². The second-order valence-corrected chi connectivity index (χ2v) is 7.67. The van der Waals surface area contributed by atoms with Gasteiger partial charge in [-0.05, 0) is 35.7 Å². The van der Waals surface area contributed by atoms with Gasteiger partial charge in [0.1, 0.15) is 5.75 Å². The average Bonchev–Trinajstić information content (AvgIpc) is 3.47. The maximum atomic E-state index is 12.7. The molecular weight excluding hydrogens is 390 g/mol. The van der Waals surface area contributed by atoms with Crippen molar-refractivity contribution in [2.75, 3.05) is 40.0 Å². The van der Waals surface area contributed by atoms with E-state index >= 15 is 0 Å². The molecule has 29 heavy (non-hydrogen) atoms. The number of morpholine rings is 1. The predicted octanol–water partition coefficient (Wildman–Crippen LogP) is 3.22. The Hall–Kier alpha value is -2.68. The van der Waals surface area contributed by atoms with Crippen molar-refractivity contribution in [1.29, 1.82) is 0 Å². The SMILES string of the molecule is COc1ccc(-c2cc(C(=O)NC[C@H](c3cccs3)N3CCOCC3)no2)cc1. The Morgan fingerprint density at radius 2 is 2.07 bits per heavy atom. The molecule has 152 valence electrons. The molecule has 3 aromatic rings. The van der Waals surface area contributed by atoms with Gasteiger partial charge in [0.05, 0.1) is 26.4 Å². The molecule has 2 aromatic heterocycles. The largest absolute Gasteiger partial charge is 0.497 e. The summed E-state index contributed by atoms with van der Waals surface area (Å²) in [7, 11) is 1.62. The molecule has 3 heterocycles. The number of amides is 1. The van der Waals surface area contributed by atoms with Crippen molar-refractivity contribution in [2.24, 2.45) is 0 Å². The number of nitrogens with one attached hydrogen (secondary N) is 1. The Bertz CT molecular complexity index is 918. The third kappa shape index (κ3) is 4.67. The van der Waals surface area contributed by atoms with E-state index < -0.39 is 0 Å². The van der Waals surface area contributed by atoms with E-state index in [1.807, 2.05) is 30.3 Å². The Kier molecular flexibility index (Phi) is 6.24. The van der Waals surface area contributed by atoms with E-state index in [2.05, 4.69) is 26.8 Å². The maximum absolute atomic E-state index is 12.7. The highest BCUT2D eigenvalue weighted by Crippen LogP contribution is 2.26. The van der Waals surface area contributed by atoms with Gasteiger partial charge in [0.15, 0.2) is 11.5 Å². The number of aromatic nitrogens is 1. The summed E-state index contributed by atoms with van der Waals surface area (Å²) in [5.74, 6) is 1.05. The first-order chi connectivity index (χ1) is 14.2. The minimum absolute atomic E-state index is 0.121. The van der Waals surface area contributed by atoms with Crippen molar-refractivity contribution in [3.63, 3.8) is 0 Å². The number of nitrogens with zero attached hydrogens (tertiary/aromatic N) is 2. The van der Waals surface area contributed by atoms with Crippen LogP contribution in [-0.4, -0.2) is 55.9 Å². The number of hydrogen-bond acceptors (Lipinski definition) is 7. The van der Waals surface area contributed by atoms with Crippen LogP contribution in [0.4, 0.5) is 0 Å². The lowest BCUT2D eigenvalue weighted by atomic mass is 10.1. The molecule has 1 amide bonds. The van der Waals surface area contributed by atoms with Gasteiger partial charge in [0.2, 0.25) is 0 Å². The van der Waals surface area contributed by atoms with E-state index in [4.69, 9.17) is 14.0 Å². The summed E-state index contributed by atoms with van der Waals surface area (Å²) >= 11 is 1.70. The predicted molar refractivity (Wildman–Crippen MR) is 110 cm³/mol. The number of carbonyl (C=O) groups excluding carboxylic acids is 1. The van der Waals surface area contributed by atoms with Gasteiger partial charge in [-0.25, -0.2) is 0 Å². The lowest BCUT2D eigenvalue weighted by molar-refractivity contribution is 0.0169. The van der Waals surface area contributed by atoms with Gasteiger partial charge in [-0.2, -0.15) is 0 Å². The van der Waals surface area contributed by atoms with Gasteiger partial charge >= 0.3 is 0 Å². The fourth-order valence-electron chi connectivity index (χ4n) is 3.33. The highest BCUT2D eigenvalue weighted by Gasteiger charge is 2.24. The summed E-state index contributed by atoms with van der Waals surface area (Å²) in [6, 6.07) is 13.3. The van der Waals surface area contributed by atoms with Crippen LogP contribution in [0.25, 0.3) is 11.3 Å². The van der Waals surface area contributed by atoms with Crippen LogP contribution < -0.4 is 10.1 Å². The normalized spacial score (nSPS) is 15.8. The van der Waals surface area contributed by atoms with Crippen molar-refractivity contribution in [1.82, 2.24) is 15.4 Å². The minimum Gasteiger partial charge on any atom is -0.497 e. The molecule has 1 fully saturated rings. The fourth-order valence-corrected chi connectivity index (χ4v) is 4.19. The van der Waals surface area contributed by atoms with E-state index in [0.717, 1.165) is 24.4 Å². The number of methoxy groups -OCH3 is 1. The van der Waals surface area contributed by atoms with Crippen LogP contribution in [0.15, 0.2) is 52.4 Å². The monoisotopic (exact) mass is 413 g/mol. The maximum Gasteiger partial charge on any atom is 0.273 e. The molecule has 1 atom stereocenters. The van der Waals surface area contributed by atoms with Crippen molar-refractivity contribution >= 4 is 17.2 Å². The number of hydrogen-bond donors (Lipinski definition) is 1. The second-order valence-electron chi connectivity index (χ2n) is 6.69. The van der Waals surface area contributed by atoms with Gasteiger partial charge in [-0.15, -0.1) is 11.3 Å². The lowest BCUT2D eigenvalue weighted by Gasteiger charge is -2.34. The van der Waals surface area contributed by atoms with Crippen LogP contribution in [0, 0.1) is 0 Å². The fraction of sp³-hybridized carbons (Fsp3) is 0.333. The van der Waals surface area contributed by atoms with Crippen LogP contribution in [0.5, 0.6) is 5.75 Å². The molecule has 0 bridgehead atoms. The van der Waals surface area contributed by atoms with Crippen molar-refractivity contribution in [3.05, 3.63) is 58.4 Å². The first kappa shape index (κ1) is 19.6. The molecule has 1 aliphatic rings. The first-order valence-corrected chi connectivity index (χ1v) is 10.4. The third-order valence-electron chi connectivity index (χ3n) is 4.93. The zero-order valence-electron chi connectivity index (χ0n) is 16.2. The van der Waals surface area contributed by atoms with Crippen LogP contribution in [0.3, 0.4) is 0 Å². The molecule has 7 nitrogen and oxygen atoms in total. The molecule has 0 saturated carbocycles. The lowest BCUT2D eigenvalue weighted by Crippen LogP contribution is -2.43. The smallest absolute Gasteiger partial charge is 0.273 e. The molecule has 1 saturated heterocycles. The molecule has 1 aliphatic heterocycles. The minimum atomic E-state index is -0.247. The second kappa shape index (κ2) is 9.21. The highest BCUT2D eigenvalue weighted by molar-refractivity contribution is 7.10. The van der Waals surface area contributed by atoms with Gasteiger partial charge in [0, 0.05) is 36.1 Å². The average molecular weight is 413 g/mol. The third-order valence-corrected chi connectivity index (χ3v) is 5.90. The van der Waals surface area contributed by atoms with Crippen molar-refractivity contribution < 1.29 is 18.8 Å².